The van der Waals surface area contributed by atoms with Gasteiger partial charge in [-0.15, -0.1) is 0 Å². The number of hydrogen-bond donors (Lipinski definition) is 0. The van der Waals surface area contributed by atoms with Crippen LogP contribution in [0.25, 0.3) is 10.9 Å². The highest BCUT2D eigenvalue weighted by atomic mass is 35.5. The summed E-state index contributed by atoms with van der Waals surface area (Å²) < 4.78 is 0. The van der Waals surface area contributed by atoms with Gasteiger partial charge in [0, 0.05) is 17.8 Å². The monoisotopic (exact) mass is 179 g/mol. The van der Waals surface area contributed by atoms with Crippen molar-refractivity contribution in [3.8, 4) is 0 Å². The summed E-state index contributed by atoms with van der Waals surface area (Å²) in [5.41, 5.74) is 0.715. The molecule has 4 heteroatoms. The zero-order valence-corrected chi connectivity index (χ0v) is 7.21. The summed E-state index contributed by atoms with van der Waals surface area (Å²) in [6, 6.07) is 1.83. The highest BCUT2D eigenvalue weighted by molar-refractivity contribution is 6.33. The Kier molecular flexibility index (Phi) is 1.66. The van der Waals surface area contributed by atoms with Crippen LogP contribution in [0.2, 0.25) is 5.15 Å². The van der Waals surface area contributed by atoms with Gasteiger partial charge in [-0.25, -0.2) is 15.0 Å². The lowest BCUT2D eigenvalue weighted by Crippen LogP contribution is -1.89. The summed E-state index contributed by atoms with van der Waals surface area (Å²) in [6.45, 7) is 1.82. The Balaban J connectivity index is 2.88. The summed E-state index contributed by atoms with van der Waals surface area (Å²) in [7, 11) is 0. The average molecular weight is 180 g/mol. The summed E-state index contributed by atoms with van der Waals surface area (Å²) in [4.78, 5) is 12.1. The van der Waals surface area contributed by atoms with Crippen molar-refractivity contribution in [2.75, 3.05) is 0 Å². The van der Waals surface area contributed by atoms with E-state index < -0.39 is 0 Å². The Morgan fingerprint density at radius 3 is 3.00 bits per heavy atom. The third-order valence-electron chi connectivity index (χ3n) is 1.57. The molecule has 0 spiro atoms. The predicted octanol–water partition coefficient (Wildman–Crippen LogP) is 1.99. The number of pyridine rings is 1. The molecule has 0 fully saturated rings. The van der Waals surface area contributed by atoms with Crippen molar-refractivity contribution in [3.63, 3.8) is 0 Å². The maximum atomic E-state index is 5.83. The normalized spacial score (nSPS) is 10.5. The van der Waals surface area contributed by atoms with E-state index in [1.54, 1.807) is 12.4 Å². The quantitative estimate of drug-likeness (QED) is 0.581. The molecule has 2 heterocycles. The SMILES string of the molecule is Cc1ncc2ccnc(Cl)c2n1. The molecule has 2 aromatic heterocycles. The minimum Gasteiger partial charge on any atom is -0.242 e. The summed E-state index contributed by atoms with van der Waals surface area (Å²) in [5.74, 6) is 0.706. The van der Waals surface area contributed by atoms with Gasteiger partial charge in [-0.3, -0.25) is 0 Å². The molecule has 0 amide bonds. The first-order valence-electron chi connectivity index (χ1n) is 3.51. The molecule has 0 unspecified atom stereocenters. The Morgan fingerprint density at radius 2 is 2.17 bits per heavy atom. The van der Waals surface area contributed by atoms with Crippen molar-refractivity contribution in [2.45, 2.75) is 6.92 Å². The molecule has 0 radical (unpaired) electrons. The number of fused-ring (bicyclic) bond motifs is 1. The first-order valence-corrected chi connectivity index (χ1v) is 3.89. The first-order chi connectivity index (χ1) is 5.77. The van der Waals surface area contributed by atoms with E-state index in [-0.39, 0.29) is 0 Å². The van der Waals surface area contributed by atoms with Gasteiger partial charge in [0.25, 0.3) is 0 Å². The third kappa shape index (κ3) is 1.12. The van der Waals surface area contributed by atoms with Gasteiger partial charge in [-0.1, -0.05) is 11.6 Å². The van der Waals surface area contributed by atoms with Crippen LogP contribution in [0.1, 0.15) is 5.82 Å². The molecule has 2 aromatic rings. The molecule has 12 heavy (non-hydrogen) atoms. The molecule has 0 saturated carbocycles. The van der Waals surface area contributed by atoms with Gasteiger partial charge in [0.1, 0.15) is 11.3 Å². The minimum absolute atomic E-state index is 0.429. The van der Waals surface area contributed by atoms with E-state index in [0.717, 1.165) is 5.39 Å². The molecular formula is C8H6ClN3. The fourth-order valence-corrected chi connectivity index (χ4v) is 1.22. The Bertz CT molecular complexity index is 428. The second-order valence-corrected chi connectivity index (χ2v) is 2.81. The van der Waals surface area contributed by atoms with Gasteiger partial charge >= 0.3 is 0 Å². The summed E-state index contributed by atoms with van der Waals surface area (Å²) >= 11 is 5.83. The molecule has 0 aliphatic carbocycles. The van der Waals surface area contributed by atoms with Crippen molar-refractivity contribution < 1.29 is 0 Å². The van der Waals surface area contributed by atoms with Gasteiger partial charge in [0.05, 0.1) is 0 Å². The van der Waals surface area contributed by atoms with E-state index in [2.05, 4.69) is 15.0 Å². The maximum Gasteiger partial charge on any atom is 0.155 e. The molecule has 0 aromatic carbocycles. The van der Waals surface area contributed by atoms with Gasteiger partial charge in [0.15, 0.2) is 5.15 Å². The molecule has 60 valence electrons. The zero-order valence-electron chi connectivity index (χ0n) is 6.45. The Hall–Kier alpha value is -1.22. The van der Waals surface area contributed by atoms with E-state index in [0.29, 0.717) is 16.5 Å². The third-order valence-corrected chi connectivity index (χ3v) is 1.85. The Labute approximate surface area is 74.4 Å². The van der Waals surface area contributed by atoms with Crippen LogP contribution in [0.3, 0.4) is 0 Å². The van der Waals surface area contributed by atoms with Gasteiger partial charge in [0.2, 0.25) is 0 Å². The van der Waals surface area contributed by atoms with Crippen LogP contribution in [-0.4, -0.2) is 15.0 Å². The van der Waals surface area contributed by atoms with Gasteiger partial charge < -0.3 is 0 Å². The van der Waals surface area contributed by atoms with Crippen LogP contribution >= 0.6 is 11.6 Å². The van der Waals surface area contributed by atoms with Crippen LogP contribution in [0.15, 0.2) is 18.5 Å². The predicted molar refractivity (Wildman–Crippen MR) is 47.1 cm³/mol. The second-order valence-electron chi connectivity index (χ2n) is 2.46. The second kappa shape index (κ2) is 2.68. The highest BCUT2D eigenvalue weighted by Crippen LogP contribution is 2.17. The van der Waals surface area contributed by atoms with Crippen molar-refractivity contribution in [3.05, 3.63) is 29.4 Å². The number of halogens is 1. The molecule has 0 saturated heterocycles. The van der Waals surface area contributed by atoms with E-state index in [4.69, 9.17) is 11.6 Å². The smallest absolute Gasteiger partial charge is 0.155 e. The number of nitrogens with zero attached hydrogens (tertiary/aromatic N) is 3. The molecule has 3 nitrogen and oxygen atoms in total. The number of hydrogen-bond acceptors (Lipinski definition) is 3. The molecule has 0 aliphatic rings. The largest absolute Gasteiger partial charge is 0.242 e. The molecule has 2 rings (SSSR count). The maximum absolute atomic E-state index is 5.83. The number of rotatable bonds is 0. The first kappa shape index (κ1) is 7.43. The zero-order chi connectivity index (χ0) is 8.55. The van der Waals surface area contributed by atoms with Crippen LogP contribution in [0, 0.1) is 6.92 Å². The van der Waals surface area contributed by atoms with Gasteiger partial charge in [-0.05, 0) is 13.0 Å². The van der Waals surface area contributed by atoms with E-state index in [1.807, 2.05) is 13.0 Å². The van der Waals surface area contributed by atoms with Crippen molar-refractivity contribution in [2.24, 2.45) is 0 Å². The fraction of sp³-hybridized carbons (Fsp3) is 0.125. The topological polar surface area (TPSA) is 38.7 Å². The lowest BCUT2D eigenvalue weighted by Gasteiger charge is -1.97. The molecule has 0 bridgehead atoms. The lowest BCUT2D eigenvalue weighted by molar-refractivity contribution is 1.09. The number of aryl methyl sites for hydroxylation is 1. The molecular weight excluding hydrogens is 174 g/mol. The standard InChI is InChI=1S/C8H6ClN3/c1-5-11-4-6-2-3-10-8(9)7(6)12-5/h2-4H,1H3. The summed E-state index contributed by atoms with van der Waals surface area (Å²) in [6.07, 6.45) is 3.38. The van der Waals surface area contributed by atoms with Crippen LogP contribution in [0.4, 0.5) is 0 Å². The van der Waals surface area contributed by atoms with Crippen molar-refractivity contribution >= 4 is 22.5 Å². The Morgan fingerprint density at radius 1 is 1.33 bits per heavy atom. The molecule has 0 aliphatic heterocycles. The van der Waals surface area contributed by atoms with E-state index in [1.165, 1.54) is 0 Å². The molecule has 0 atom stereocenters. The van der Waals surface area contributed by atoms with Crippen LogP contribution in [-0.2, 0) is 0 Å². The van der Waals surface area contributed by atoms with E-state index in [9.17, 15) is 0 Å². The minimum atomic E-state index is 0.429. The van der Waals surface area contributed by atoms with Crippen LogP contribution in [0.5, 0.6) is 0 Å². The average Bonchev–Trinajstić information content (AvgIpc) is 2.07. The number of aromatic nitrogens is 3. The summed E-state index contributed by atoms with van der Waals surface area (Å²) in [5, 5.41) is 1.35. The highest BCUT2D eigenvalue weighted by Gasteiger charge is 2.00. The van der Waals surface area contributed by atoms with Crippen molar-refractivity contribution in [1.82, 2.24) is 15.0 Å². The van der Waals surface area contributed by atoms with Crippen LogP contribution < -0.4 is 0 Å². The van der Waals surface area contributed by atoms with E-state index >= 15 is 0 Å². The lowest BCUT2D eigenvalue weighted by atomic mass is 10.3. The fourth-order valence-electron chi connectivity index (χ4n) is 1.01. The van der Waals surface area contributed by atoms with Gasteiger partial charge in [-0.2, -0.15) is 0 Å². The molecule has 0 N–H and O–H groups in total. The van der Waals surface area contributed by atoms with Crippen molar-refractivity contribution in [1.29, 1.82) is 0 Å².